The van der Waals surface area contributed by atoms with E-state index in [0.717, 1.165) is 12.1 Å². The fraction of sp³-hybridized carbons (Fsp3) is 0.235. The van der Waals surface area contributed by atoms with Crippen LogP contribution in [0, 0.1) is 11.6 Å². The molecule has 0 heterocycles. The summed E-state index contributed by atoms with van der Waals surface area (Å²) in [4.78, 5) is 11.4. The Morgan fingerprint density at radius 2 is 1.76 bits per heavy atom. The number of hydrogen-bond donors (Lipinski definition) is 2. The lowest BCUT2D eigenvalue weighted by Crippen LogP contribution is -2.32. The molecule has 0 saturated heterocycles. The number of rotatable bonds is 7. The lowest BCUT2D eigenvalue weighted by Gasteiger charge is -2.07. The summed E-state index contributed by atoms with van der Waals surface area (Å²) in [6, 6.07) is 9.32. The minimum absolute atomic E-state index is 0.00765. The number of sulfone groups is 1. The van der Waals surface area contributed by atoms with Crippen LogP contribution in [0.25, 0.3) is 11.1 Å². The Morgan fingerprint density at radius 1 is 1.08 bits per heavy atom. The number of halogens is 2. The average molecular weight is 369 g/mol. The Kier molecular flexibility index (Phi) is 6.22. The molecule has 0 radical (unpaired) electrons. The van der Waals surface area contributed by atoms with Gasteiger partial charge in [0.2, 0.25) is 5.91 Å². The van der Waals surface area contributed by atoms with Crippen LogP contribution in [0.5, 0.6) is 0 Å². The van der Waals surface area contributed by atoms with Crippen molar-refractivity contribution < 1.29 is 27.1 Å². The van der Waals surface area contributed by atoms with E-state index in [1.807, 2.05) is 0 Å². The van der Waals surface area contributed by atoms with E-state index in [0.29, 0.717) is 11.1 Å². The lowest BCUT2D eigenvalue weighted by atomic mass is 10.0. The summed E-state index contributed by atoms with van der Waals surface area (Å²) in [5.74, 6) is -3.09. The molecule has 0 aliphatic rings. The molecule has 0 unspecified atom stereocenters. The maximum absolute atomic E-state index is 13.8. The van der Waals surface area contributed by atoms with Gasteiger partial charge in [-0.1, -0.05) is 24.3 Å². The van der Waals surface area contributed by atoms with E-state index in [9.17, 15) is 22.0 Å². The Balaban J connectivity index is 2.08. The number of benzene rings is 2. The molecule has 0 aliphatic carbocycles. The summed E-state index contributed by atoms with van der Waals surface area (Å²) in [5.41, 5.74) is 1.14. The minimum Gasteiger partial charge on any atom is -0.395 e. The number of amides is 1. The molecule has 25 heavy (non-hydrogen) atoms. The van der Waals surface area contributed by atoms with Gasteiger partial charge >= 0.3 is 0 Å². The molecule has 2 aromatic rings. The topological polar surface area (TPSA) is 83.5 Å². The second kappa shape index (κ2) is 8.17. The zero-order valence-corrected chi connectivity index (χ0v) is 14.0. The third-order valence-corrected chi connectivity index (χ3v) is 4.84. The largest absolute Gasteiger partial charge is 0.395 e. The molecule has 2 N–H and O–H groups in total. The maximum atomic E-state index is 13.8. The first kappa shape index (κ1) is 19.0. The second-order valence-electron chi connectivity index (χ2n) is 5.43. The SMILES string of the molecule is O=C(CS(=O)(=O)Cc1ccc(-c2ccc(F)cc2F)cc1)NCCO. The number of nitrogens with one attached hydrogen (secondary N) is 1. The molecular formula is C17H17F2NO4S. The highest BCUT2D eigenvalue weighted by molar-refractivity contribution is 7.91. The highest BCUT2D eigenvalue weighted by atomic mass is 32.2. The van der Waals surface area contributed by atoms with Crippen LogP contribution in [0.1, 0.15) is 5.56 Å². The molecule has 0 aliphatic heterocycles. The second-order valence-corrected chi connectivity index (χ2v) is 7.49. The van der Waals surface area contributed by atoms with Gasteiger partial charge in [0.15, 0.2) is 9.84 Å². The number of aliphatic hydroxyl groups excluding tert-OH is 1. The van der Waals surface area contributed by atoms with Crippen LogP contribution in [0.4, 0.5) is 8.78 Å². The monoisotopic (exact) mass is 369 g/mol. The Hall–Kier alpha value is -2.32. The molecule has 0 atom stereocenters. The summed E-state index contributed by atoms with van der Waals surface area (Å²) in [6.07, 6.45) is 0. The number of aliphatic hydroxyl groups is 1. The van der Waals surface area contributed by atoms with E-state index in [1.165, 1.54) is 30.3 Å². The van der Waals surface area contributed by atoms with Crippen molar-refractivity contribution in [3.63, 3.8) is 0 Å². The van der Waals surface area contributed by atoms with Gasteiger partial charge in [0.1, 0.15) is 17.4 Å². The number of carbonyl (C=O) groups is 1. The van der Waals surface area contributed by atoms with E-state index < -0.39 is 33.1 Å². The van der Waals surface area contributed by atoms with Crippen LogP contribution in [0.2, 0.25) is 0 Å². The molecule has 2 aromatic carbocycles. The van der Waals surface area contributed by atoms with E-state index >= 15 is 0 Å². The van der Waals surface area contributed by atoms with E-state index in [1.54, 1.807) is 0 Å². The first-order valence-corrected chi connectivity index (χ1v) is 9.25. The minimum atomic E-state index is -3.67. The van der Waals surface area contributed by atoms with Gasteiger partial charge in [-0.3, -0.25) is 4.79 Å². The van der Waals surface area contributed by atoms with Gasteiger partial charge < -0.3 is 10.4 Å². The first-order chi connectivity index (χ1) is 11.8. The van der Waals surface area contributed by atoms with Gasteiger partial charge in [-0.15, -0.1) is 0 Å². The van der Waals surface area contributed by atoms with Crippen molar-refractivity contribution in [1.29, 1.82) is 0 Å². The molecule has 0 saturated carbocycles. The smallest absolute Gasteiger partial charge is 0.235 e. The summed E-state index contributed by atoms with van der Waals surface area (Å²) in [7, 11) is -3.67. The first-order valence-electron chi connectivity index (χ1n) is 7.43. The van der Waals surface area contributed by atoms with Crippen LogP contribution in [-0.4, -0.2) is 38.3 Å². The van der Waals surface area contributed by atoms with E-state index in [-0.39, 0.29) is 24.5 Å². The van der Waals surface area contributed by atoms with Crippen LogP contribution < -0.4 is 5.32 Å². The molecule has 5 nitrogen and oxygen atoms in total. The van der Waals surface area contributed by atoms with E-state index in [2.05, 4.69) is 5.32 Å². The predicted molar refractivity (Wildman–Crippen MR) is 89.4 cm³/mol. The van der Waals surface area contributed by atoms with Gasteiger partial charge in [0, 0.05) is 18.2 Å². The van der Waals surface area contributed by atoms with Crippen molar-refractivity contribution in [2.24, 2.45) is 0 Å². The van der Waals surface area contributed by atoms with Gasteiger partial charge in [-0.25, -0.2) is 17.2 Å². The average Bonchev–Trinajstić information content (AvgIpc) is 2.53. The molecule has 8 heteroatoms. The summed E-state index contributed by atoms with van der Waals surface area (Å²) < 4.78 is 50.7. The van der Waals surface area contributed by atoms with Crippen molar-refractivity contribution in [3.05, 3.63) is 59.7 Å². The van der Waals surface area contributed by atoms with Crippen molar-refractivity contribution in [2.45, 2.75) is 5.75 Å². The van der Waals surface area contributed by atoms with Gasteiger partial charge in [-0.2, -0.15) is 0 Å². The van der Waals surface area contributed by atoms with Gasteiger partial charge in [0.25, 0.3) is 0 Å². The zero-order valence-electron chi connectivity index (χ0n) is 13.2. The number of hydrogen-bond acceptors (Lipinski definition) is 4. The normalized spacial score (nSPS) is 11.3. The molecule has 2 rings (SSSR count). The quantitative estimate of drug-likeness (QED) is 0.778. The fourth-order valence-corrected chi connectivity index (χ4v) is 3.56. The van der Waals surface area contributed by atoms with Crippen LogP contribution >= 0.6 is 0 Å². The molecule has 1 amide bonds. The van der Waals surface area contributed by atoms with Gasteiger partial charge in [-0.05, 0) is 23.3 Å². The van der Waals surface area contributed by atoms with Crippen molar-refractivity contribution in [3.8, 4) is 11.1 Å². The van der Waals surface area contributed by atoms with Crippen molar-refractivity contribution in [1.82, 2.24) is 5.32 Å². The molecule has 0 spiro atoms. The van der Waals surface area contributed by atoms with E-state index in [4.69, 9.17) is 5.11 Å². The van der Waals surface area contributed by atoms with Crippen LogP contribution in [0.15, 0.2) is 42.5 Å². The predicted octanol–water partition coefficient (Wildman–Crippen LogP) is 1.66. The van der Waals surface area contributed by atoms with Crippen molar-refractivity contribution in [2.75, 3.05) is 18.9 Å². The van der Waals surface area contributed by atoms with Crippen molar-refractivity contribution >= 4 is 15.7 Å². The fourth-order valence-electron chi connectivity index (χ4n) is 2.26. The Bertz CT molecular complexity index is 851. The third kappa shape index (κ3) is 5.61. The highest BCUT2D eigenvalue weighted by Crippen LogP contribution is 2.24. The maximum Gasteiger partial charge on any atom is 0.235 e. The molecular weight excluding hydrogens is 352 g/mol. The van der Waals surface area contributed by atoms with Gasteiger partial charge in [0.05, 0.1) is 12.4 Å². The zero-order chi connectivity index (χ0) is 18.4. The molecule has 0 fully saturated rings. The summed E-state index contributed by atoms with van der Waals surface area (Å²) in [6.45, 7) is -0.278. The Morgan fingerprint density at radius 3 is 2.36 bits per heavy atom. The van der Waals surface area contributed by atoms with Crippen LogP contribution in [0.3, 0.4) is 0 Å². The highest BCUT2D eigenvalue weighted by Gasteiger charge is 2.17. The number of carbonyl (C=O) groups excluding carboxylic acids is 1. The molecule has 0 bridgehead atoms. The summed E-state index contributed by atoms with van der Waals surface area (Å²) in [5, 5.41) is 10.9. The molecule has 134 valence electrons. The lowest BCUT2D eigenvalue weighted by molar-refractivity contribution is -0.118. The third-order valence-electron chi connectivity index (χ3n) is 3.37. The standard InChI is InChI=1S/C17H17F2NO4S/c18-14-5-6-15(16(19)9-14)13-3-1-12(2-4-13)10-25(23,24)11-17(22)20-7-8-21/h1-6,9,21H,7-8,10-11H2,(H,20,22). The summed E-state index contributed by atoms with van der Waals surface area (Å²) >= 11 is 0. The Labute approximate surface area is 144 Å². The molecule has 0 aromatic heterocycles. The van der Waals surface area contributed by atoms with Crippen LogP contribution in [-0.2, 0) is 20.4 Å².